The molecular weight excluding hydrogens is 370 g/mol. The molecular formula is C19H15ClN3O2S. The van der Waals surface area contributed by atoms with Crippen LogP contribution < -0.4 is 10.4 Å². The number of hydrogen-bond donors (Lipinski definition) is 0. The number of halogens is 1. The molecule has 1 fully saturated rings. The summed E-state index contributed by atoms with van der Waals surface area (Å²) in [7, 11) is 0. The van der Waals surface area contributed by atoms with E-state index in [0.29, 0.717) is 5.02 Å². The zero-order valence-electron chi connectivity index (χ0n) is 13.7. The molecule has 5 nitrogen and oxygen atoms in total. The molecule has 0 aliphatic carbocycles. The van der Waals surface area contributed by atoms with Crippen LogP contribution in [0.15, 0.2) is 66.0 Å². The molecule has 131 valence electrons. The summed E-state index contributed by atoms with van der Waals surface area (Å²) in [5.41, 5.74) is 6.95. The second kappa shape index (κ2) is 7.07. The summed E-state index contributed by atoms with van der Waals surface area (Å²) in [6, 6.07) is 18.6. The molecule has 0 N–H and O–H groups in total. The zero-order chi connectivity index (χ0) is 18.1. The summed E-state index contributed by atoms with van der Waals surface area (Å²) in [6.07, 6.45) is 0.820. The van der Waals surface area contributed by atoms with E-state index in [0.717, 1.165) is 17.7 Å². The zero-order valence-corrected chi connectivity index (χ0v) is 15.2. The first-order valence-corrected chi connectivity index (χ1v) is 9.41. The fraction of sp³-hybridized carbons (Fsp3) is 0.158. The van der Waals surface area contributed by atoms with E-state index in [1.807, 2.05) is 35.3 Å². The van der Waals surface area contributed by atoms with E-state index in [2.05, 4.69) is 11.4 Å². The van der Waals surface area contributed by atoms with Crippen LogP contribution >= 0.6 is 22.9 Å². The molecule has 7 heteroatoms. The Balaban J connectivity index is 1.64. The fourth-order valence-corrected chi connectivity index (χ4v) is 4.12. The SMILES string of the molecule is O=[N+]([O-])c1ccc(C2CC(c3cccs3)N(c3ccc(Cl)cc3)[N]2)cc1. The topological polar surface area (TPSA) is 60.5 Å². The first kappa shape index (κ1) is 17.0. The number of thiophene rings is 1. The van der Waals surface area contributed by atoms with Crippen molar-refractivity contribution in [2.45, 2.75) is 18.5 Å². The molecule has 0 saturated carbocycles. The largest absolute Gasteiger partial charge is 0.282 e. The highest BCUT2D eigenvalue weighted by Gasteiger charge is 2.36. The van der Waals surface area contributed by atoms with Gasteiger partial charge in [0.25, 0.3) is 5.69 Å². The number of nitro groups is 1. The summed E-state index contributed by atoms with van der Waals surface area (Å²) < 4.78 is 0. The summed E-state index contributed by atoms with van der Waals surface area (Å²) in [4.78, 5) is 11.7. The number of nitro benzene ring substituents is 1. The highest BCUT2D eigenvalue weighted by molar-refractivity contribution is 7.10. The molecule has 2 unspecified atom stereocenters. The smallest absolute Gasteiger partial charge is 0.269 e. The van der Waals surface area contributed by atoms with Gasteiger partial charge in [-0.2, -0.15) is 0 Å². The molecule has 4 rings (SSSR count). The third kappa shape index (κ3) is 3.31. The Morgan fingerprint density at radius 2 is 1.85 bits per heavy atom. The normalized spacial score (nSPS) is 19.7. The molecule has 1 radical (unpaired) electrons. The van der Waals surface area contributed by atoms with Gasteiger partial charge in [-0.1, -0.05) is 29.8 Å². The Kier molecular flexibility index (Phi) is 4.63. The molecule has 0 amide bonds. The first-order chi connectivity index (χ1) is 12.6. The second-order valence-electron chi connectivity index (χ2n) is 6.07. The lowest BCUT2D eigenvalue weighted by Gasteiger charge is -2.24. The van der Waals surface area contributed by atoms with Crippen molar-refractivity contribution in [3.63, 3.8) is 0 Å². The molecule has 2 aromatic carbocycles. The second-order valence-corrected chi connectivity index (χ2v) is 7.48. The number of hydrogen-bond acceptors (Lipinski definition) is 4. The summed E-state index contributed by atoms with van der Waals surface area (Å²) in [5, 5.41) is 15.7. The number of rotatable bonds is 4. The van der Waals surface area contributed by atoms with Crippen molar-refractivity contribution in [1.82, 2.24) is 5.43 Å². The number of non-ortho nitro benzene ring substituents is 1. The third-order valence-corrected chi connectivity index (χ3v) is 5.68. The molecule has 1 aliphatic heterocycles. The molecule has 2 heterocycles. The summed E-state index contributed by atoms with van der Waals surface area (Å²) >= 11 is 7.73. The van der Waals surface area contributed by atoms with Crippen LogP contribution in [-0.4, -0.2) is 4.92 Å². The van der Waals surface area contributed by atoms with Gasteiger partial charge >= 0.3 is 0 Å². The van der Waals surface area contributed by atoms with Crippen molar-refractivity contribution < 1.29 is 4.92 Å². The van der Waals surface area contributed by atoms with Crippen molar-refractivity contribution in [3.8, 4) is 0 Å². The molecule has 1 saturated heterocycles. The molecule has 1 aromatic heterocycles. The van der Waals surface area contributed by atoms with Crippen LogP contribution in [0.3, 0.4) is 0 Å². The third-order valence-electron chi connectivity index (χ3n) is 4.46. The van der Waals surface area contributed by atoms with Gasteiger partial charge in [-0.15, -0.1) is 16.8 Å². The predicted molar refractivity (Wildman–Crippen MR) is 104 cm³/mol. The maximum Gasteiger partial charge on any atom is 0.269 e. The maximum absolute atomic E-state index is 10.9. The van der Waals surface area contributed by atoms with E-state index in [1.54, 1.807) is 23.5 Å². The molecule has 0 bridgehead atoms. The van der Waals surface area contributed by atoms with Crippen molar-refractivity contribution >= 4 is 34.3 Å². The van der Waals surface area contributed by atoms with E-state index in [-0.39, 0.29) is 22.7 Å². The van der Waals surface area contributed by atoms with Crippen LogP contribution in [0, 0.1) is 10.1 Å². The van der Waals surface area contributed by atoms with Crippen molar-refractivity contribution in [1.29, 1.82) is 0 Å². The number of nitrogens with zero attached hydrogens (tertiary/aromatic N) is 3. The van der Waals surface area contributed by atoms with Gasteiger partial charge in [-0.3, -0.25) is 15.1 Å². The Morgan fingerprint density at radius 3 is 2.46 bits per heavy atom. The Labute approximate surface area is 160 Å². The van der Waals surface area contributed by atoms with Gasteiger partial charge in [0.2, 0.25) is 0 Å². The lowest BCUT2D eigenvalue weighted by Crippen LogP contribution is -2.27. The van der Waals surface area contributed by atoms with Crippen molar-refractivity contribution in [2.24, 2.45) is 0 Å². The quantitative estimate of drug-likeness (QED) is 0.439. The lowest BCUT2D eigenvalue weighted by molar-refractivity contribution is -0.384. The summed E-state index contributed by atoms with van der Waals surface area (Å²) in [6.45, 7) is 0. The average molecular weight is 385 g/mol. The lowest BCUT2D eigenvalue weighted by atomic mass is 10.0. The van der Waals surface area contributed by atoms with Crippen molar-refractivity contribution in [2.75, 3.05) is 5.01 Å². The maximum atomic E-state index is 10.9. The highest BCUT2D eigenvalue weighted by atomic mass is 35.5. The highest BCUT2D eigenvalue weighted by Crippen LogP contribution is 2.42. The molecule has 1 aliphatic rings. The minimum Gasteiger partial charge on any atom is -0.282 e. The van der Waals surface area contributed by atoms with Crippen LogP contribution in [-0.2, 0) is 0 Å². The van der Waals surface area contributed by atoms with Gasteiger partial charge in [-0.25, -0.2) is 0 Å². The van der Waals surface area contributed by atoms with Crippen LogP contribution in [0.25, 0.3) is 0 Å². The first-order valence-electron chi connectivity index (χ1n) is 8.15. The van der Waals surface area contributed by atoms with Crippen LogP contribution in [0.2, 0.25) is 5.02 Å². The average Bonchev–Trinajstić information content (AvgIpc) is 3.32. The molecule has 3 aromatic rings. The van der Waals surface area contributed by atoms with Crippen LogP contribution in [0.5, 0.6) is 0 Å². The molecule has 2 atom stereocenters. The Hall–Kier alpha value is -2.41. The van der Waals surface area contributed by atoms with Gasteiger partial charge < -0.3 is 0 Å². The minimum atomic E-state index is -0.385. The van der Waals surface area contributed by atoms with E-state index >= 15 is 0 Å². The molecule has 0 spiro atoms. The minimum absolute atomic E-state index is 0.0430. The van der Waals surface area contributed by atoms with E-state index in [4.69, 9.17) is 17.0 Å². The predicted octanol–water partition coefficient (Wildman–Crippen LogP) is 5.52. The fourth-order valence-electron chi connectivity index (χ4n) is 3.17. The van der Waals surface area contributed by atoms with Crippen LogP contribution in [0.1, 0.15) is 28.9 Å². The van der Waals surface area contributed by atoms with Gasteiger partial charge in [0.1, 0.15) is 0 Å². The van der Waals surface area contributed by atoms with E-state index in [9.17, 15) is 10.1 Å². The standard InChI is InChI=1S/C19H15ClN3O2S/c20-14-5-9-15(10-6-14)22-18(19-2-1-11-26-19)12-17(21-22)13-3-7-16(8-4-13)23(24)25/h1-11,17-18H,12H2. The number of anilines is 1. The summed E-state index contributed by atoms with van der Waals surface area (Å²) in [5.74, 6) is 0. The van der Waals surface area contributed by atoms with E-state index < -0.39 is 0 Å². The molecule has 26 heavy (non-hydrogen) atoms. The van der Waals surface area contributed by atoms with Gasteiger partial charge in [0, 0.05) is 22.0 Å². The monoisotopic (exact) mass is 384 g/mol. The van der Waals surface area contributed by atoms with Gasteiger partial charge in [0.05, 0.1) is 22.7 Å². The van der Waals surface area contributed by atoms with Crippen LogP contribution in [0.4, 0.5) is 11.4 Å². The number of benzene rings is 2. The van der Waals surface area contributed by atoms with Crippen molar-refractivity contribution in [3.05, 3.63) is 91.6 Å². The van der Waals surface area contributed by atoms with E-state index in [1.165, 1.54) is 17.0 Å². The Morgan fingerprint density at radius 1 is 1.12 bits per heavy atom. The Bertz CT molecular complexity index is 898. The van der Waals surface area contributed by atoms with Gasteiger partial charge in [0.15, 0.2) is 0 Å². The van der Waals surface area contributed by atoms with Gasteiger partial charge in [-0.05, 0) is 47.7 Å².